The topological polar surface area (TPSA) is 95.9 Å². The number of fused-ring (bicyclic) bond motifs is 3. The molecule has 1 heterocycles. The maximum atomic E-state index is 12.7. The monoisotopic (exact) mass is 464 g/mol. The molecule has 1 aliphatic carbocycles. The molecule has 1 fully saturated rings. The van der Waals surface area contributed by atoms with E-state index < -0.39 is 17.5 Å². The zero-order valence-electron chi connectivity index (χ0n) is 19.8. The van der Waals surface area contributed by atoms with Crippen molar-refractivity contribution in [3.05, 3.63) is 59.7 Å². The largest absolute Gasteiger partial charge is 0.481 e. The van der Waals surface area contributed by atoms with Crippen molar-refractivity contribution in [2.24, 2.45) is 5.41 Å². The second-order valence-corrected chi connectivity index (χ2v) is 9.63. The van der Waals surface area contributed by atoms with E-state index in [1.54, 1.807) is 11.8 Å². The van der Waals surface area contributed by atoms with Crippen LogP contribution in [-0.4, -0.2) is 53.7 Å². The Balaban J connectivity index is 1.35. The van der Waals surface area contributed by atoms with Crippen molar-refractivity contribution in [2.45, 2.75) is 51.5 Å². The Labute approximate surface area is 200 Å². The van der Waals surface area contributed by atoms with Gasteiger partial charge in [0.15, 0.2) is 0 Å². The highest BCUT2D eigenvalue weighted by Gasteiger charge is 2.47. The number of carbonyl (C=O) groups excluding carboxylic acids is 2. The summed E-state index contributed by atoms with van der Waals surface area (Å²) >= 11 is 0. The van der Waals surface area contributed by atoms with Gasteiger partial charge in [0.05, 0.1) is 5.41 Å². The lowest BCUT2D eigenvalue weighted by Crippen LogP contribution is -2.61. The number of rotatable bonds is 9. The minimum absolute atomic E-state index is 0.0244. The first-order valence-electron chi connectivity index (χ1n) is 11.9. The Hall–Kier alpha value is -3.35. The van der Waals surface area contributed by atoms with Crippen molar-refractivity contribution in [1.82, 2.24) is 10.2 Å². The minimum atomic E-state index is -0.893. The van der Waals surface area contributed by atoms with Gasteiger partial charge in [-0.3, -0.25) is 9.59 Å². The van der Waals surface area contributed by atoms with E-state index in [0.29, 0.717) is 6.42 Å². The fourth-order valence-electron chi connectivity index (χ4n) is 4.93. The molecular formula is C27H32N2O5. The van der Waals surface area contributed by atoms with Crippen LogP contribution in [0.4, 0.5) is 4.79 Å². The van der Waals surface area contributed by atoms with E-state index in [4.69, 9.17) is 4.74 Å². The van der Waals surface area contributed by atoms with Gasteiger partial charge in [-0.15, -0.1) is 0 Å². The molecule has 180 valence electrons. The number of ether oxygens (including phenoxy) is 1. The molecule has 7 nitrogen and oxygen atoms in total. The van der Waals surface area contributed by atoms with E-state index in [1.165, 1.54) is 11.1 Å². The van der Waals surface area contributed by atoms with Crippen LogP contribution >= 0.6 is 0 Å². The second kappa shape index (κ2) is 9.87. The Morgan fingerprint density at radius 1 is 1.09 bits per heavy atom. The Kier molecular flexibility index (Phi) is 6.91. The molecule has 2 N–H and O–H groups in total. The predicted molar refractivity (Wildman–Crippen MR) is 128 cm³/mol. The fourth-order valence-corrected chi connectivity index (χ4v) is 4.93. The van der Waals surface area contributed by atoms with Gasteiger partial charge in [0.1, 0.15) is 6.61 Å². The summed E-state index contributed by atoms with van der Waals surface area (Å²) in [5.74, 6) is -1.06. The van der Waals surface area contributed by atoms with E-state index in [9.17, 15) is 19.5 Å². The summed E-state index contributed by atoms with van der Waals surface area (Å²) in [7, 11) is 0. The van der Waals surface area contributed by atoms with Crippen molar-refractivity contribution in [3.63, 3.8) is 0 Å². The van der Waals surface area contributed by atoms with E-state index in [2.05, 4.69) is 36.5 Å². The van der Waals surface area contributed by atoms with E-state index >= 15 is 0 Å². The first kappa shape index (κ1) is 23.8. The van der Waals surface area contributed by atoms with Gasteiger partial charge in [-0.05, 0) is 35.6 Å². The summed E-state index contributed by atoms with van der Waals surface area (Å²) < 4.78 is 5.64. The van der Waals surface area contributed by atoms with Crippen molar-refractivity contribution in [3.8, 4) is 11.1 Å². The maximum absolute atomic E-state index is 12.7. The zero-order valence-corrected chi connectivity index (χ0v) is 19.8. The lowest BCUT2D eigenvalue weighted by Gasteiger charge is -2.45. The van der Waals surface area contributed by atoms with E-state index in [-0.39, 0.29) is 44.0 Å². The summed E-state index contributed by atoms with van der Waals surface area (Å²) in [6.45, 7) is 4.32. The Bertz CT molecular complexity index is 1030. The van der Waals surface area contributed by atoms with E-state index in [0.717, 1.165) is 24.0 Å². The Morgan fingerprint density at radius 3 is 2.24 bits per heavy atom. The summed E-state index contributed by atoms with van der Waals surface area (Å²) in [4.78, 5) is 38.2. The molecule has 0 unspecified atom stereocenters. The van der Waals surface area contributed by atoms with Crippen LogP contribution in [0.25, 0.3) is 11.1 Å². The van der Waals surface area contributed by atoms with Gasteiger partial charge < -0.3 is 20.1 Å². The van der Waals surface area contributed by atoms with Crippen molar-refractivity contribution in [1.29, 1.82) is 0 Å². The molecule has 0 aromatic heterocycles. The number of nitrogens with zero attached hydrogens (tertiary/aromatic N) is 1. The minimum Gasteiger partial charge on any atom is -0.481 e. The highest BCUT2D eigenvalue weighted by Crippen LogP contribution is 2.44. The van der Waals surface area contributed by atoms with Crippen LogP contribution in [0.2, 0.25) is 0 Å². The number of hydrogen-bond donors (Lipinski definition) is 2. The molecule has 4 rings (SSSR count). The standard InChI is InChI=1S/C27H32N2O5/c1-3-4-9-18(14-24(30)29-16-27(2,17-29)25(31)32)28-26(33)34-15-23-21-12-7-5-10-19(21)20-11-6-8-13-22(20)23/h5-8,10-13,18,23H,3-4,9,14-17H2,1-2H3,(H,28,33)(H,31,32)/t18-/m0/s1. The van der Waals surface area contributed by atoms with Crippen molar-refractivity contribution < 1.29 is 24.2 Å². The van der Waals surface area contributed by atoms with Crippen molar-refractivity contribution >= 4 is 18.0 Å². The highest BCUT2D eigenvalue weighted by atomic mass is 16.5. The lowest BCUT2D eigenvalue weighted by atomic mass is 9.81. The molecule has 1 aliphatic heterocycles. The third kappa shape index (κ3) is 4.79. The number of carbonyl (C=O) groups is 3. The number of likely N-dealkylation sites (tertiary alicyclic amines) is 1. The molecule has 1 atom stereocenters. The van der Waals surface area contributed by atoms with E-state index in [1.807, 2.05) is 24.3 Å². The smallest absolute Gasteiger partial charge is 0.407 e. The van der Waals surface area contributed by atoms with Gasteiger partial charge in [0, 0.05) is 31.5 Å². The first-order valence-corrected chi connectivity index (χ1v) is 11.9. The number of nitrogens with one attached hydrogen (secondary N) is 1. The van der Waals surface area contributed by atoms with Gasteiger partial charge in [-0.2, -0.15) is 0 Å². The number of aliphatic carboxylic acids is 1. The summed E-state index contributed by atoms with van der Waals surface area (Å²) in [5, 5.41) is 12.1. The molecule has 0 saturated carbocycles. The average Bonchev–Trinajstić information content (AvgIpc) is 3.12. The number of hydrogen-bond acceptors (Lipinski definition) is 4. The normalized spacial score (nSPS) is 16.7. The first-order chi connectivity index (χ1) is 16.3. The van der Waals surface area contributed by atoms with Crippen LogP contribution in [0.1, 0.15) is 56.6 Å². The summed E-state index contributed by atoms with van der Waals surface area (Å²) in [6.07, 6.45) is 2.08. The molecule has 2 aromatic carbocycles. The summed E-state index contributed by atoms with van der Waals surface area (Å²) in [5.41, 5.74) is 3.75. The number of carboxylic acids is 1. The zero-order chi connectivity index (χ0) is 24.3. The summed E-state index contributed by atoms with van der Waals surface area (Å²) in [6, 6.07) is 16.0. The van der Waals surface area contributed by atoms with Crippen LogP contribution in [0.3, 0.4) is 0 Å². The maximum Gasteiger partial charge on any atom is 0.407 e. The highest BCUT2D eigenvalue weighted by molar-refractivity contribution is 5.84. The van der Waals surface area contributed by atoms with Crippen LogP contribution in [0.5, 0.6) is 0 Å². The predicted octanol–water partition coefficient (Wildman–Crippen LogP) is 4.41. The third-order valence-electron chi connectivity index (χ3n) is 6.94. The number of benzene rings is 2. The van der Waals surface area contributed by atoms with Gasteiger partial charge in [-0.1, -0.05) is 68.3 Å². The van der Waals surface area contributed by atoms with Gasteiger partial charge in [-0.25, -0.2) is 4.79 Å². The van der Waals surface area contributed by atoms with Gasteiger partial charge in [0.25, 0.3) is 0 Å². The fraction of sp³-hybridized carbons (Fsp3) is 0.444. The third-order valence-corrected chi connectivity index (χ3v) is 6.94. The van der Waals surface area contributed by atoms with Crippen LogP contribution < -0.4 is 5.32 Å². The molecule has 2 amide bonds. The molecule has 0 radical (unpaired) electrons. The average molecular weight is 465 g/mol. The number of unbranched alkanes of at least 4 members (excludes halogenated alkanes) is 1. The van der Waals surface area contributed by atoms with Gasteiger partial charge >= 0.3 is 12.1 Å². The molecule has 2 aliphatic rings. The number of amides is 2. The Morgan fingerprint density at radius 2 is 1.68 bits per heavy atom. The van der Waals surface area contributed by atoms with Crippen molar-refractivity contribution in [2.75, 3.05) is 19.7 Å². The van der Waals surface area contributed by atoms with Crippen LogP contribution in [0.15, 0.2) is 48.5 Å². The number of alkyl carbamates (subject to hydrolysis) is 1. The van der Waals surface area contributed by atoms with Crippen LogP contribution in [-0.2, 0) is 14.3 Å². The molecule has 1 saturated heterocycles. The lowest BCUT2D eigenvalue weighted by molar-refractivity contribution is -0.164. The molecule has 2 aromatic rings. The number of carboxylic acid groups (broad SMARTS) is 1. The van der Waals surface area contributed by atoms with Crippen LogP contribution in [0, 0.1) is 5.41 Å². The molecule has 7 heteroatoms. The molecule has 0 bridgehead atoms. The quantitative estimate of drug-likeness (QED) is 0.573. The SMILES string of the molecule is CCCC[C@@H](CC(=O)N1CC(C)(C(=O)O)C1)NC(=O)OCC1c2ccccc2-c2ccccc21. The molecule has 34 heavy (non-hydrogen) atoms. The second-order valence-electron chi connectivity index (χ2n) is 9.63. The van der Waals surface area contributed by atoms with Gasteiger partial charge in [0.2, 0.25) is 5.91 Å². The molecule has 0 spiro atoms. The molecular weight excluding hydrogens is 432 g/mol.